The van der Waals surface area contributed by atoms with Crippen LogP contribution >= 0.6 is 0 Å². The number of hydrogen-bond donors (Lipinski definition) is 2. The van der Waals surface area contributed by atoms with Crippen molar-refractivity contribution in [1.82, 2.24) is 0 Å². The fourth-order valence-corrected chi connectivity index (χ4v) is 5.09. The lowest BCUT2D eigenvalue weighted by molar-refractivity contribution is -0.123. The molecule has 1 aromatic carbocycles. The minimum absolute atomic E-state index is 0.116. The van der Waals surface area contributed by atoms with Gasteiger partial charge < -0.3 is 10.6 Å². The number of benzene rings is 1. The molecule has 0 amide bonds. The summed E-state index contributed by atoms with van der Waals surface area (Å²) in [6, 6.07) is 7.95. The monoisotopic (exact) mass is 436 g/mol. The molecule has 32 heavy (non-hydrogen) atoms. The Bertz CT molecular complexity index is 823. The van der Waals surface area contributed by atoms with E-state index in [1.807, 2.05) is 36.7 Å². The zero-order valence-corrected chi connectivity index (χ0v) is 20.6. The highest BCUT2D eigenvalue weighted by Gasteiger charge is 2.33. The van der Waals surface area contributed by atoms with Crippen molar-refractivity contribution in [3.8, 4) is 0 Å². The van der Waals surface area contributed by atoms with Crippen LogP contribution in [0, 0.1) is 35.5 Å². The van der Waals surface area contributed by atoms with Gasteiger partial charge in [0.1, 0.15) is 0 Å². The van der Waals surface area contributed by atoms with Gasteiger partial charge in [0.15, 0.2) is 11.6 Å². The zero-order valence-electron chi connectivity index (χ0n) is 20.6. The minimum atomic E-state index is 0.116. The van der Waals surface area contributed by atoms with Gasteiger partial charge in [0.25, 0.3) is 0 Å². The van der Waals surface area contributed by atoms with Crippen LogP contribution in [0.3, 0.4) is 0 Å². The number of carbonyl (C=O) groups excluding carboxylic acids is 2. The first-order valence-electron chi connectivity index (χ1n) is 12.3. The van der Waals surface area contributed by atoms with Gasteiger partial charge in [-0.1, -0.05) is 53.7 Å². The Balaban J connectivity index is 1.79. The molecule has 0 saturated heterocycles. The highest BCUT2D eigenvalue weighted by molar-refractivity contribution is 5.99. The molecule has 4 heteroatoms. The van der Waals surface area contributed by atoms with Crippen molar-refractivity contribution in [3.05, 3.63) is 47.8 Å². The highest BCUT2D eigenvalue weighted by Crippen LogP contribution is 2.36. The predicted molar refractivity (Wildman–Crippen MR) is 133 cm³/mol. The fourth-order valence-electron chi connectivity index (χ4n) is 5.09. The molecule has 1 aromatic rings. The molecular weight excluding hydrogens is 396 g/mol. The van der Waals surface area contributed by atoms with Crippen molar-refractivity contribution in [3.63, 3.8) is 0 Å². The van der Waals surface area contributed by atoms with E-state index >= 15 is 0 Å². The van der Waals surface area contributed by atoms with Gasteiger partial charge in [-0.25, -0.2) is 0 Å². The summed E-state index contributed by atoms with van der Waals surface area (Å²) >= 11 is 0. The first kappa shape index (κ1) is 24.3. The van der Waals surface area contributed by atoms with E-state index in [2.05, 4.69) is 52.2 Å². The molecule has 4 nitrogen and oxygen atoms in total. The summed E-state index contributed by atoms with van der Waals surface area (Å²) in [5.74, 6) is 2.05. The zero-order chi connectivity index (χ0) is 23.4. The number of allylic oxidation sites excluding steroid dienone is 2. The number of nitrogens with one attached hydrogen (secondary N) is 2. The van der Waals surface area contributed by atoms with Crippen LogP contribution in [0.25, 0.3) is 0 Å². The summed E-state index contributed by atoms with van der Waals surface area (Å²) in [6.45, 7) is 12.8. The maximum Gasteiger partial charge on any atom is 0.163 e. The molecule has 4 atom stereocenters. The third-order valence-electron chi connectivity index (χ3n) is 7.43. The Hall–Kier alpha value is -2.36. The van der Waals surface area contributed by atoms with Crippen LogP contribution in [0.4, 0.5) is 11.4 Å². The van der Waals surface area contributed by atoms with Crippen LogP contribution < -0.4 is 10.6 Å². The number of ketones is 2. The second-order valence-electron chi connectivity index (χ2n) is 10.4. The molecule has 2 N–H and O–H groups in total. The molecule has 2 aliphatic rings. The SMILES string of the molecule is CC1CCC(C(C)C)C(=O)C1=CNc1ccccc1NC=C1C(=O)C(C(C)C)CCC1C. The lowest BCUT2D eigenvalue weighted by Crippen LogP contribution is -2.30. The summed E-state index contributed by atoms with van der Waals surface area (Å²) in [6.07, 6.45) is 7.85. The lowest BCUT2D eigenvalue weighted by Gasteiger charge is -2.30. The van der Waals surface area contributed by atoms with Gasteiger partial charge in [-0.05, 0) is 61.5 Å². The van der Waals surface area contributed by atoms with E-state index in [1.165, 1.54) is 0 Å². The first-order valence-corrected chi connectivity index (χ1v) is 12.3. The Morgan fingerprint density at radius 2 is 1.09 bits per heavy atom. The van der Waals surface area contributed by atoms with E-state index in [1.54, 1.807) is 0 Å². The average molecular weight is 437 g/mol. The molecule has 4 unspecified atom stereocenters. The van der Waals surface area contributed by atoms with E-state index in [0.717, 1.165) is 48.2 Å². The Morgan fingerprint density at radius 1 is 0.719 bits per heavy atom. The third kappa shape index (κ3) is 5.33. The van der Waals surface area contributed by atoms with Crippen LogP contribution in [0.5, 0.6) is 0 Å². The molecule has 0 aromatic heterocycles. The molecular formula is C28H40N2O2. The molecule has 2 aliphatic carbocycles. The van der Waals surface area contributed by atoms with E-state index < -0.39 is 0 Å². The minimum Gasteiger partial charge on any atom is -0.360 e. The summed E-state index contributed by atoms with van der Waals surface area (Å²) in [5, 5.41) is 6.76. The summed E-state index contributed by atoms with van der Waals surface area (Å²) < 4.78 is 0. The van der Waals surface area contributed by atoms with E-state index in [4.69, 9.17) is 0 Å². The molecule has 2 saturated carbocycles. The van der Waals surface area contributed by atoms with Gasteiger partial charge in [0, 0.05) is 35.4 Å². The topological polar surface area (TPSA) is 58.2 Å². The van der Waals surface area contributed by atoms with E-state index in [9.17, 15) is 9.59 Å². The normalized spacial score (nSPS) is 29.2. The molecule has 3 rings (SSSR count). The Labute approximate surface area is 193 Å². The number of hydrogen-bond acceptors (Lipinski definition) is 4. The molecule has 0 radical (unpaired) electrons. The van der Waals surface area contributed by atoms with E-state index in [-0.39, 0.29) is 35.2 Å². The Morgan fingerprint density at radius 3 is 1.44 bits per heavy atom. The van der Waals surface area contributed by atoms with Gasteiger partial charge in [-0.3, -0.25) is 9.59 Å². The average Bonchev–Trinajstić information content (AvgIpc) is 2.73. The number of rotatable bonds is 6. The van der Waals surface area contributed by atoms with Gasteiger partial charge in [0.2, 0.25) is 0 Å². The molecule has 2 fully saturated rings. The van der Waals surface area contributed by atoms with Crippen molar-refractivity contribution < 1.29 is 9.59 Å². The van der Waals surface area contributed by atoms with Crippen LogP contribution in [0.1, 0.15) is 67.2 Å². The third-order valence-corrected chi connectivity index (χ3v) is 7.43. The predicted octanol–water partition coefficient (Wildman–Crippen LogP) is 6.82. The second-order valence-corrected chi connectivity index (χ2v) is 10.4. The van der Waals surface area contributed by atoms with Crippen molar-refractivity contribution in [2.24, 2.45) is 35.5 Å². The van der Waals surface area contributed by atoms with Crippen molar-refractivity contribution in [2.45, 2.75) is 67.2 Å². The molecule has 0 aliphatic heterocycles. The summed E-state index contributed by atoms with van der Waals surface area (Å²) in [7, 11) is 0. The summed E-state index contributed by atoms with van der Waals surface area (Å²) in [5.41, 5.74) is 3.58. The first-order chi connectivity index (χ1) is 15.2. The molecule has 0 spiro atoms. The van der Waals surface area contributed by atoms with E-state index in [0.29, 0.717) is 11.8 Å². The number of para-hydroxylation sites is 2. The van der Waals surface area contributed by atoms with Gasteiger partial charge >= 0.3 is 0 Å². The lowest BCUT2D eigenvalue weighted by atomic mass is 9.74. The molecule has 174 valence electrons. The van der Waals surface area contributed by atoms with Gasteiger partial charge in [-0.15, -0.1) is 0 Å². The van der Waals surface area contributed by atoms with Crippen LogP contribution in [-0.2, 0) is 9.59 Å². The largest absolute Gasteiger partial charge is 0.360 e. The standard InChI is InChI=1S/C28H40N2O2/c1-17(2)21-13-11-19(5)23(27(21)31)15-29-25-9-7-8-10-26(25)30-16-24-20(6)12-14-22(18(3)4)28(24)32/h7-10,15-22,29-30H,11-14H2,1-6H3. The van der Waals surface area contributed by atoms with Gasteiger partial charge in [-0.2, -0.15) is 0 Å². The maximum atomic E-state index is 13.0. The van der Waals surface area contributed by atoms with Crippen LogP contribution in [0.2, 0.25) is 0 Å². The highest BCUT2D eigenvalue weighted by atomic mass is 16.1. The van der Waals surface area contributed by atoms with Crippen molar-refractivity contribution >= 4 is 22.9 Å². The number of anilines is 2. The number of Topliss-reactive ketones (excluding diaryl/α,β-unsaturated/α-hetero) is 2. The fraction of sp³-hybridized carbons (Fsp3) is 0.571. The smallest absolute Gasteiger partial charge is 0.163 e. The number of carbonyl (C=O) groups is 2. The van der Waals surface area contributed by atoms with Crippen molar-refractivity contribution in [2.75, 3.05) is 10.6 Å². The second kappa shape index (κ2) is 10.5. The Kier molecular flexibility index (Phi) is 7.97. The van der Waals surface area contributed by atoms with Crippen LogP contribution in [-0.4, -0.2) is 11.6 Å². The molecule has 0 bridgehead atoms. The summed E-state index contributed by atoms with van der Waals surface area (Å²) in [4.78, 5) is 26.0. The van der Waals surface area contributed by atoms with Gasteiger partial charge in [0.05, 0.1) is 11.4 Å². The van der Waals surface area contributed by atoms with Crippen LogP contribution in [0.15, 0.2) is 47.8 Å². The van der Waals surface area contributed by atoms with Crippen molar-refractivity contribution in [1.29, 1.82) is 0 Å². The molecule has 0 heterocycles. The maximum absolute atomic E-state index is 13.0. The quantitative estimate of drug-likeness (QED) is 0.480.